The molecule has 1 aromatic carbocycles. The zero-order valence-electron chi connectivity index (χ0n) is 11.8. The summed E-state index contributed by atoms with van der Waals surface area (Å²) >= 11 is 0. The van der Waals surface area contributed by atoms with Crippen molar-refractivity contribution in [2.75, 3.05) is 4.90 Å². The zero-order valence-corrected chi connectivity index (χ0v) is 11.8. The van der Waals surface area contributed by atoms with Crippen molar-refractivity contribution in [3.63, 3.8) is 0 Å². The van der Waals surface area contributed by atoms with Crippen LogP contribution in [0.4, 0.5) is 18.9 Å². The summed E-state index contributed by atoms with van der Waals surface area (Å²) < 4.78 is 37.0. The molecule has 0 aliphatic rings. The third-order valence-electron chi connectivity index (χ3n) is 3.08. The summed E-state index contributed by atoms with van der Waals surface area (Å²) in [7, 11) is 0. The molecule has 3 nitrogen and oxygen atoms in total. The maximum Gasteiger partial charge on any atom is 0.389 e. The van der Waals surface area contributed by atoms with E-state index >= 15 is 0 Å². The fourth-order valence-corrected chi connectivity index (χ4v) is 2.00. The lowest BCUT2D eigenvalue weighted by molar-refractivity contribution is -0.143. The minimum absolute atomic E-state index is 0.224. The van der Waals surface area contributed by atoms with Crippen molar-refractivity contribution in [3.8, 4) is 0 Å². The summed E-state index contributed by atoms with van der Waals surface area (Å²) in [6.07, 6.45) is -3.03. The van der Waals surface area contributed by atoms with Crippen LogP contribution < -0.4 is 4.90 Å². The Morgan fingerprint density at radius 1 is 1.05 bits per heavy atom. The van der Waals surface area contributed by atoms with Crippen LogP contribution in [0, 0.1) is 0 Å². The first-order valence-corrected chi connectivity index (χ1v) is 6.77. The van der Waals surface area contributed by atoms with Gasteiger partial charge >= 0.3 is 6.18 Å². The molecule has 0 aliphatic carbocycles. The van der Waals surface area contributed by atoms with Gasteiger partial charge in [0.15, 0.2) is 0 Å². The van der Waals surface area contributed by atoms with Gasteiger partial charge in [-0.2, -0.15) is 13.2 Å². The molecule has 0 fully saturated rings. The smallest absolute Gasteiger partial charge is 0.308 e. The number of anilines is 1. The molecular weight excluding hydrogens is 293 g/mol. The van der Waals surface area contributed by atoms with Gasteiger partial charge in [0.25, 0.3) is 0 Å². The minimum atomic E-state index is -4.34. The number of pyridine rings is 1. The number of nitrogens with zero attached hydrogens (tertiary/aromatic N) is 2. The molecule has 0 saturated carbocycles. The van der Waals surface area contributed by atoms with Gasteiger partial charge in [-0.15, -0.1) is 0 Å². The van der Waals surface area contributed by atoms with Crippen molar-refractivity contribution < 1.29 is 18.0 Å². The topological polar surface area (TPSA) is 33.2 Å². The molecule has 22 heavy (non-hydrogen) atoms. The Labute approximate surface area is 126 Å². The van der Waals surface area contributed by atoms with Crippen LogP contribution >= 0.6 is 0 Å². The summed E-state index contributed by atoms with van der Waals surface area (Å²) in [5.41, 5.74) is 1.38. The van der Waals surface area contributed by atoms with E-state index in [-0.39, 0.29) is 6.54 Å². The predicted molar refractivity (Wildman–Crippen MR) is 77.2 cm³/mol. The Hall–Kier alpha value is -2.37. The number of hydrogen-bond acceptors (Lipinski definition) is 2. The molecule has 1 aromatic heterocycles. The number of hydrogen-bond donors (Lipinski definition) is 0. The second kappa shape index (κ2) is 7.06. The lowest BCUT2D eigenvalue weighted by atomic mass is 10.1. The highest BCUT2D eigenvalue weighted by Gasteiger charge is 2.29. The highest BCUT2D eigenvalue weighted by molar-refractivity contribution is 5.93. The highest BCUT2D eigenvalue weighted by Crippen LogP contribution is 2.24. The number of amides is 1. The van der Waals surface area contributed by atoms with E-state index in [0.29, 0.717) is 5.69 Å². The van der Waals surface area contributed by atoms with Crippen molar-refractivity contribution in [1.82, 2.24) is 4.98 Å². The third kappa shape index (κ3) is 4.87. The van der Waals surface area contributed by atoms with E-state index in [0.717, 1.165) is 5.56 Å². The van der Waals surface area contributed by atoms with E-state index in [1.165, 1.54) is 17.3 Å². The predicted octanol–water partition coefficient (Wildman–Crippen LogP) is 3.96. The quantitative estimate of drug-likeness (QED) is 0.837. The fraction of sp³-hybridized carbons (Fsp3) is 0.250. The number of rotatable bonds is 5. The van der Waals surface area contributed by atoms with Crippen LogP contribution in [0.15, 0.2) is 54.9 Å². The lowest BCUT2D eigenvalue weighted by Gasteiger charge is -2.23. The molecular formula is C16H15F3N2O. The number of carbonyl (C=O) groups is 1. The molecule has 0 radical (unpaired) electrons. The average molecular weight is 308 g/mol. The molecule has 0 N–H and O–H groups in total. The van der Waals surface area contributed by atoms with E-state index < -0.39 is 24.9 Å². The average Bonchev–Trinajstić information content (AvgIpc) is 2.51. The Morgan fingerprint density at radius 2 is 1.68 bits per heavy atom. The van der Waals surface area contributed by atoms with E-state index in [4.69, 9.17) is 0 Å². The van der Waals surface area contributed by atoms with Crippen LogP contribution in [-0.4, -0.2) is 17.1 Å². The molecule has 0 spiro atoms. The van der Waals surface area contributed by atoms with E-state index in [9.17, 15) is 18.0 Å². The molecule has 0 unspecified atom stereocenters. The maximum atomic E-state index is 12.3. The van der Waals surface area contributed by atoms with E-state index in [2.05, 4.69) is 4.98 Å². The number of aromatic nitrogens is 1. The standard InChI is InChI=1S/C16H15F3N2O/c17-16(18,19)9-6-15(22)21(14-7-10-20-11-8-14)12-13-4-2-1-3-5-13/h1-5,7-8,10-11H,6,9,12H2. The first kappa shape index (κ1) is 16.0. The monoisotopic (exact) mass is 308 g/mol. The van der Waals surface area contributed by atoms with E-state index in [1.54, 1.807) is 12.1 Å². The molecule has 2 rings (SSSR count). The van der Waals surface area contributed by atoms with Crippen molar-refractivity contribution >= 4 is 11.6 Å². The van der Waals surface area contributed by atoms with Gasteiger partial charge in [0, 0.05) is 24.5 Å². The summed E-state index contributed by atoms with van der Waals surface area (Å²) in [6, 6.07) is 12.3. The Bertz CT molecular complexity index is 600. The Balaban J connectivity index is 2.17. The van der Waals surface area contributed by atoms with Gasteiger partial charge in [-0.1, -0.05) is 30.3 Å². The van der Waals surface area contributed by atoms with Crippen molar-refractivity contribution in [1.29, 1.82) is 0 Å². The minimum Gasteiger partial charge on any atom is -0.308 e. The summed E-state index contributed by atoms with van der Waals surface area (Å²) in [5, 5.41) is 0. The first-order valence-electron chi connectivity index (χ1n) is 6.77. The molecule has 0 aliphatic heterocycles. The normalized spacial score (nSPS) is 11.2. The fourth-order valence-electron chi connectivity index (χ4n) is 2.00. The van der Waals surface area contributed by atoms with Gasteiger partial charge < -0.3 is 4.90 Å². The largest absolute Gasteiger partial charge is 0.389 e. The van der Waals surface area contributed by atoms with Crippen LogP contribution in [0.25, 0.3) is 0 Å². The van der Waals surface area contributed by atoms with Crippen LogP contribution in [-0.2, 0) is 11.3 Å². The van der Waals surface area contributed by atoms with E-state index in [1.807, 2.05) is 30.3 Å². The van der Waals surface area contributed by atoms with Gasteiger partial charge in [-0.25, -0.2) is 0 Å². The van der Waals surface area contributed by atoms with Gasteiger partial charge in [-0.3, -0.25) is 9.78 Å². The molecule has 0 atom stereocenters. The van der Waals surface area contributed by atoms with Gasteiger partial charge in [0.2, 0.25) is 5.91 Å². The third-order valence-corrected chi connectivity index (χ3v) is 3.08. The van der Waals surface area contributed by atoms with Crippen LogP contribution in [0.5, 0.6) is 0 Å². The van der Waals surface area contributed by atoms with Gasteiger partial charge in [0.05, 0.1) is 13.0 Å². The van der Waals surface area contributed by atoms with Gasteiger partial charge in [-0.05, 0) is 17.7 Å². The van der Waals surface area contributed by atoms with Crippen LogP contribution in [0.3, 0.4) is 0 Å². The molecule has 116 valence electrons. The van der Waals surface area contributed by atoms with Gasteiger partial charge in [0.1, 0.15) is 0 Å². The Kier molecular flexibility index (Phi) is 5.14. The molecule has 0 bridgehead atoms. The molecule has 6 heteroatoms. The first-order chi connectivity index (χ1) is 10.5. The Morgan fingerprint density at radius 3 is 2.27 bits per heavy atom. The second-order valence-electron chi connectivity index (χ2n) is 4.79. The van der Waals surface area contributed by atoms with Crippen molar-refractivity contribution in [2.24, 2.45) is 0 Å². The lowest BCUT2D eigenvalue weighted by Crippen LogP contribution is -2.31. The number of halogens is 3. The van der Waals surface area contributed by atoms with Crippen LogP contribution in [0.1, 0.15) is 18.4 Å². The van der Waals surface area contributed by atoms with Crippen molar-refractivity contribution in [3.05, 3.63) is 60.4 Å². The number of benzene rings is 1. The zero-order chi connectivity index (χ0) is 16.0. The van der Waals surface area contributed by atoms with Crippen LogP contribution in [0.2, 0.25) is 0 Å². The molecule has 1 heterocycles. The molecule has 0 saturated heterocycles. The summed E-state index contributed by atoms with van der Waals surface area (Å²) in [5.74, 6) is -0.563. The highest BCUT2D eigenvalue weighted by atomic mass is 19.4. The second-order valence-corrected chi connectivity index (χ2v) is 4.79. The maximum absolute atomic E-state index is 12.3. The summed E-state index contributed by atoms with van der Waals surface area (Å²) in [6.45, 7) is 0.224. The molecule has 2 aromatic rings. The summed E-state index contributed by atoms with van der Waals surface area (Å²) in [4.78, 5) is 17.4. The van der Waals surface area contributed by atoms with Crippen molar-refractivity contribution in [2.45, 2.75) is 25.6 Å². The number of carbonyl (C=O) groups excluding carboxylic acids is 1. The SMILES string of the molecule is O=C(CCC(F)(F)F)N(Cc1ccccc1)c1ccncc1. The molecule has 1 amide bonds. The number of alkyl halides is 3.